The van der Waals surface area contributed by atoms with Crippen LogP contribution in [0.1, 0.15) is 13.3 Å². The molecule has 0 spiro atoms. The first-order valence-corrected chi connectivity index (χ1v) is 5.30. The highest BCUT2D eigenvalue weighted by Crippen LogP contribution is 2.07. The smallest absolute Gasteiger partial charge is 0.0340 e. The maximum absolute atomic E-state index is 3.44. The minimum absolute atomic E-state index is 0.709. The van der Waals surface area contributed by atoms with E-state index in [1.54, 1.807) is 0 Å². The average molecular weight is 192 g/mol. The Labute approximate surface area is 86.7 Å². The van der Waals surface area contributed by atoms with E-state index in [-0.39, 0.29) is 0 Å². The lowest BCUT2D eigenvalue weighted by Crippen LogP contribution is -2.24. The van der Waals surface area contributed by atoms with Gasteiger partial charge in [0, 0.05) is 12.2 Å². The van der Waals surface area contributed by atoms with Crippen molar-refractivity contribution >= 4 is 5.69 Å². The Morgan fingerprint density at radius 1 is 1.14 bits per heavy atom. The topological polar surface area (TPSA) is 24.1 Å². The summed E-state index contributed by atoms with van der Waals surface area (Å²) in [5.41, 5.74) is 1.21. The van der Waals surface area contributed by atoms with Crippen molar-refractivity contribution in [2.45, 2.75) is 13.3 Å². The van der Waals surface area contributed by atoms with Gasteiger partial charge in [0.2, 0.25) is 0 Å². The summed E-state index contributed by atoms with van der Waals surface area (Å²) in [7, 11) is 2.01. The summed E-state index contributed by atoms with van der Waals surface area (Å²) >= 11 is 0. The first-order valence-electron chi connectivity index (χ1n) is 5.30. The van der Waals surface area contributed by atoms with Crippen LogP contribution >= 0.6 is 0 Å². The van der Waals surface area contributed by atoms with E-state index in [0.717, 1.165) is 13.1 Å². The molecule has 0 aliphatic heterocycles. The minimum atomic E-state index is 0.709. The summed E-state index contributed by atoms with van der Waals surface area (Å²) < 4.78 is 0. The molecule has 2 N–H and O–H groups in total. The fraction of sp³-hybridized carbons (Fsp3) is 0.500. The minimum Gasteiger partial charge on any atom is -0.385 e. The Hall–Kier alpha value is -1.02. The molecule has 0 fully saturated rings. The second-order valence-corrected chi connectivity index (χ2v) is 3.58. The number of hydrogen-bond donors (Lipinski definition) is 2. The van der Waals surface area contributed by atoms with Crippen molar-refractivity contribution in [2.75, 3.05) is 25.5 Å². The van der Waals surface area contributed by atoms with Crippen LogP contribution in [0.5, 0.6) is 0 Å². The highest BCUT2D eigenvalue weighted by atomic mass is 14.9. The molecule has 0 amide bonds. The van der Waals surface area contributed by atoms with Crippen molar-refractivity contribution < 1.29 is 0 Å². The number of nitrogens with one attached hydrogen (secondary N) is 2. The number of benzene rings is 1. The fourth-order valence-corrected chi connectivity index (χ4v) is 1.47. The lowest BCUT2D eigenvalue weighted by Gasteiger charge is -2.15. The number of hydrogen-bond acceptors (Lipinski definition) is 2. The first kappa shape index (κ1) is 11.1. The third-order valence-corrected chi connectivity index (χ3v) is 2.44. The molecule has 78 valence electrons. The van der Waals surface area contributed by atoms with Gasteiger partial charge in [-0.2, -0.15) is 0 Å². The van der Waals surface area contributed by atoms with Gasteiger partial charge in [0.25, 0.3) is 0 Å². The summed E-state index contributed by atoms with van der Waals surface area (Å²) in [4.78, 5) is 0. The molecule has 0 saturated heterocycles. The number of para-hydroxylation sites is 1. The molecule has 2 heteroatoms. The predicted octanol–water partition coefficient (Wildman–Crippen LogP) is 2.34. The highest BCUT2D eigenvalue weighted by Gasteiger charge is 2.03. The van der Waals surface area contributed by atoms with E-state index < -0.39 is 0 Å². The molecule has 0 aromatic heterocycles. The van der Waals surface area contributed by atoms with Gasteiger partial charge in [0.05, 0.1) is 0 Å². The van der Waals surface area contributed by atoms with Gasteiger partial charge in [-0.05, 0) is 31.6 Å². The van der Waals surface area contributed by atoms with E-state index in [2.05, 4.69) is 41.8 Å². The first-order chi connectivity index (χ1) is 6.86. The Morgan fingerprint density at radius 2 is 1.86 bits per heavy atom. The van der Waals surface area contributed by atoms with E-state index in [1.807, 2.05) is 13.1 Å². The lowest BCUT2D eigenvalue weighted by atomic mass is 10.1. The van der Waals surface area contributed by atoms with Crippen LogP contribution in [0.2, 0.25) is 0 Å². The quantitative estimate of drug-likeness (QED) is 0.723. The normalized spacial score (nSPS) is 12.4. The molecule has 1 rings (SSSR count). The van der Waals surface area contributed by atoms with Gasteiger partial charge in [0.15, 0.2) is 0 Å². The lowest BCUT2D eigenvalue weighted by molar-refractivity contribution is 0.507. The third-order valence-electron chi connectivity index (χ3n) is 2.44. The molecule has 14 heavy (non-hydrogen) atoms. The molecular weight excluding hydrogens is 172 g/mol. The van der Waals surface area contributed by atoms with E-state index in [4.69, 9.17) is 0 Å². The van der Waals surface area contributed by atoms with Crippen molar-refractivity contribution in [3.05, 3.63) is 30.3 Å². The van der Waals surface area contributed by atoms with Crippen molar-refractivity contribution in [2.24, 2.45) is 5.92 Å². The Balaban J connectivity index is 2.32. The number of rotatable bonds is 6. The highest BCUT2D eigenvalue weighted by molar-refractivity contribution is 5.42. The van der Waals surface area contributed by atoms with Gasteiger partial charge in [-0.1, -0.05) is 31.5 Å². The maximum Gasteiger partial charge on any atom is 0.0340 e. The molecule has 1 atom stereocenters. The van der Waals surface area contributed by atoms with Crippen LogP contribution in [0.3, 0.4) is 0 Å². The van der Waals surface area contributed by atoms with Crippen molar-refractivity contribution in [3.8, 4) is 0 Å². The van der Waals surface area contributed by atoms with Crippen molar-refractivity contribution in [1.82, 2.24) is 5.32 Å². The van der Waals surface area contributed by atoms with E-state index in [9.17, 15) is 0 Å². The van der Waals surface area contributed by atoms with Crippen LogP contribution in [0.4, 0.5) is 5.69 Å². The number of anilines is 1. The van der Waals surface area contributed by atoms with E-state index >= 15 is 0 Å². The zero-order valence-electron chi connectivity index (χ0n) is 9.09. The predicted molar refractivity (Wildman–Crippen MR) is 62.6 cm³/mol. The molecule has 0 aliphatic rings. The summed E-state index contributed by atoms with van der Waals surface area (Å²) in [5.74, 6) is 0.709. The van der Waals surface area contributed by atoms with E-state index in [0.29, 0.717) is 5.92 Å². The third kappa shape index (κ3) is 3.79. The molecule has 1 aromatic carbocycles. The van der Waals surface area contributed by atoms with Crippen LogP contribution in [0.25, 0.3) is 0 Å². The Morgan fingerprint density at radius 3 is 2.43 bits per heavy atom. The van der Waals surface area contributed by atoms with E-state index in [1.165, 1.54) is 12.1 Å². The molecule has 1 aromatic rings. The standard InChI is InChI=1S/C12H20N2/c1-3-11(9-13-2)10-14-12-7-5-4-6-8-12/h4-8,11,13-14H,3,9-10H2,1-2H3. The van der Waals surface area contributed by atoms with Gasteiger partial charge in [0.1, 0.15) is 0 Å². The second-order valence-electron chi connectivity index (χ2n) is 3.58. The van der Waals surface area contributed by atoms with Gasteiger partial charge in [-0.3, -0.25) is 0 Å². The maximum atomic E-state index is 3.44. The molecule has 0 saturated carbocycles. The largest absolute Gasteiger partial charge is 0.385 e. The summed E-state index contributed by atoms with van der Waals surface area (Å²) in [6, 6.07) is 10.4. The van der Waals surface area contributed by atoms with Crippen molar-refractivity contribution in [3.63, 3.8) is 0 Å². The molecule has 1 unspecified atom stereocenters. The Bertz CT molecular complexity index is 233. The van der Waals surface area contributed by atoms with Gasteiger partial charge >= 0.3 is 0 Å². The molecule has 0 bridgehead atoms. The van der Waals surface area contributed by atoms with Crippen LogP contribution in [0, 0.1) is 5.92 Å². The monoisotopic (exact) mass is 192 g/mol. The van der Waals surface area contributed by atoms with Crippen LogP contribution in [-0.2, 0) is 0 Å². The zero-order valence-corrected chi connectivity index (χ0v) is 9.09. The van der Waals surface area contributed by atoms with Crippen LogP contribution in [-0.4, -0.2) is 20.1 Å². The van der Waals surface area contributed by atoms with Gasteiger partial charge in [-0.15, -0.1) is 0 Å². The molecule has 0 radical (unpaired) electrons. The molecular formula is C12H20N2. The zero-order chi connectivity index (χ0) is 10.2. The summed E-state index contributed by atoms with van der Waals surface area (Å²) in [5, 5.41) is 6.66. The fourth-order valence-electron chi connectivity index (χ4n) is 1.47. The van der Waals surface area contributed by atoms with Crippen LogP contribution < -0.4 is 10.6 Å². The Kier molecular flexibility index (Phi) is 5.08. The molecule has 0 aliphatic carbocycles. The van der Waals surface area contributed by atoms with Crippen LogP contribution in [0.15, 0.2) is 30.3 Å². The SMILES string of the molecule is CCC(CNC)CNc1ccccc1. The second kappa shape index (κ2) is 6.44. The molecule has 0 heterocycles. The van der Waals surface area contributed by atoms with Gasteiger partial charge < -0.3 is 10.6 Å². The average Bonchev–Trinajstić information content (AvgIpc) is 2.25. The summed E-state index contributed by atoms with van der Waals surface area (Å²) in [6.07, 6.45) is 1.21. The van der Waals surface area contributed by atoms with Crippen molar-refractivity contribution in [1.29, 1.82) is 0 Å². The molecule has 2 nitrogen and oxygen atoms in total. The summed E-state index contributed by atoms with van der Waals surface area (Å²) in [6.45, 7) is 4.35. The van der Waals surface area contributed by atoms with Gasteiger partial charge in [-0.25, -0.2) is 0 Å².